The highest BCUT2D eigenvalue weighted by Gasteiger charge is 2.13. The zero-order valence-corrected chi connectivity index (χ0v) is 7.95. The molecule has 0 spiro atoms. The fourth-order valence-corrected chi connectivity index (χ4v) is 2.07. The second-order valence-corrected chi connectivity index (χ2v) is 4.21. The molecule has 1 heterocycles. The Morgan fingerprint density at radius 1 is 1.64 bits per heavy atom. The molecule has 1 atom stereocenters. The minimum absolute atomic E-state index is 0.445. The van der Waals surface area contributed by atoms with Crippen molar-refractivity contribution in [3.8, 4) is 0 Å². The molecule has 1 fully saturated rings. The molecule has 0 saturated carbocycles. The van der Waals surface area contributed by atoms with Crippen LogP contribution in [0.2, 0.25) is 0 Å². The van der Waals surface area contributed by atoms with Gasteiger partial charge in [-0.05, 0) is 26.2 Å². The summed E-state index contributed by atoms with van der Waals surface area (Å²) >= 11 is 1.88. The highest BCUT2D eigenvalue weighted by molar-refractivity contribution is 7.99. The summed E-state index contributed by atoms with van der Waals surface area (Å²) in [5.41, 5.74) is 1.68. The van der Waals surface area contributed by atoms with Gasteiger partial charge in [-0.3, -0.25) is 0 Å². The van der Waals surface area contributed by atoms with E-state index in [1.807, 2.05) is 11.8 Å². The topological polar surface area (TPSA) is 9.23 Å². The van der Waals surface area contributed by atoms with Crippen LogP contribution in [-0.4, -0.2) is 17.8 Å². The molecular weight excluding hydrogens is 156 g/mol. The average Bonchev–Trinajstić information content (AvgIpc) is 2.03. The van der Waals surface area contributed by atoms with Gasteiger partial charge in [0.25, 0.3) is 0 Å². The Balaban J connectivity index is 2.09. The number of hydrogen-bond donors (Lipinski definition) is 0. The van der Waals surface area contributed by atoms with Crippen LogP contribution in [0.5, 0.6) is 0 Å². The highest BCUT2D eigenvalue weighted by atomic mass is 32.2. The predicted octanol–water partition coefficient (Wildman–Crippen LogP) is 2.82. The third-order valence-corrected chi connectivity index (χ3v) is 3.06. The summed E-state index contributed by atoms with van der Waals surface area (Å²) in [6.07, 6.45) is 3.79. The monoisotopic (exact) mass is 172 g/mol. The van der Waals surface area contributed by atoms with Crippen molar-refractivity contribution in [2.75, 3.05) is 12.4 Å². The van der Waals surface area contributed by atoms with Crippen LogP contribution < -0.4 is 0 Å². The van der Waals surface area contributed by atoms with Crippen LogP contribution in [-0.2, 0) is 4.74 Å². The summed E-state index contributed by atoms with van der Waals surface area (Å²) in [5, 5.41) is 0. The van der Waals surface area contributed by atoms with Gasteiger partial charge in [0.15, 0.2) is 0 Å². The van der Waals surface area contributed by atoms with Crippen molar-refractivity contribution in [2.24, 2.45) is 0 Å². The van der Waals surface area contributed by atoms with Gasteiger partial charge in [-0.25, -0.2) is 0 Å². The first-order valence-corrected chi connectivity index (χ1v) is 5.21. The standard InChI is InChI=1S/C9H16OS/c1-8(2)7-11-9-5-3-4-6-10-9/h9H,1,3-7H2,2H3. The number of hydrogen-bond acceptors (Lipinski definition) is 2. The molecule has 0 radical (unpaired) electrons. The van der Waals surface area contributed by atoms with Gasteiger partial charge in [0, 0.05) is 12.4 Å². The summed E-state index contributed by atoms with van der Waals surface area (Å²) in [4.78, 5) is 0. The fraction of sp³-hybridized carbons (Fsp3) is 0.778. The van der Waals surface area contributed by atoms with Crippen LogP contribution in [0.1, 0.15) is 26.2 Å². The van der Waals surface area contributed by atoms with Gasteiger partial charge in [0.2, 0.25) is 0 Å². The second kappa shape index (κ2) is 4.83. The summed E-state index contributed by atoms with van der Waals surface area (Å²) in [6.45, 7) is 6.88. The molecule has 11 heavy (non-hydrogen) atoms. The SMILES string of the molecule is C=C(C)CSC1CCCCO1. The molecule has 0 N–H and O–H groups in total. The van der Waals surface area contributed by atoms with Crippen molar-refractivity contribution >= 4 is 11.8 Å². The summed E-state index contributed by atoms with van der Waals surface area (Å²) in [7, 11) is 0. The van der Waals surface area contributed by atoms with Gasteiger partial charge < -0.3 is 4.74 Å². The molecule has 0 aromatic carbocycles. The minimum atomic E-state index is 0.445. The van der Waals surface area contributed by atoms with Gasteiger partial charge in [-0.1, -0.05) is 12.2 Å². The molecule has 1 nitrogen and oxygen atoms in total. The van der Waals surface area contributed by atoms with Gasteiger partial charge in [-0.15, -0.1) is 11.8 Å². The Morgan fingerprint density at radius 3 is 3.00 bits per heavy atom. The average molecular weight is 172 g/mol. The van der Waals surface area contributed by atoms with E-state index >= 15 is 0 Å². The molecule has 1 aliphatic heterocycles. The van der Waals surface area contributed by atoms with E-state index in [0.29, 0.717) is 5.44 Å². The first-order chi connectivity index (χ1) is 5.29. The third-order valence-electron chi connectivity index (χ3n) is 1.65. The van der Waals surface area contributed by atoms with E-state index in [1.165, 1.54) is 24.8 Å². The maximum Gasteiger partial charge on any atom is 0.103 e. The molecule has 0 aromatic rings. The molecule has 64 valence electrons. The van der Waals surface area contributed by atoms with Crippen molar-refractivity contribution < 1.29 is 4.74 Å². The largest absolute Gasteiger partial charge is 0.368 e. The van der Waals surface area contributed by atoms with Gasteiger partial charge in [-0.2, -0.15) is 0 Å². The third kappa shape index (κ3) is 3.82. The first-order valence-electron chi connectivity index (χ1n) is 4.16. The van der Waals surface area contributed by atoms with Crippen LogP contribution in [0.15, 0.2) is 12.2 Å². The highest BCUT2D eigenvalue weighted by Crippen LogP contribution is 2.24. The second-order valence-electron chi connectivity index (χ2n) is 3.06. The Bertz CT molecular complexity index is 128. The van der Waals surface area contributed by atoms with Crippen molar-refractivity contribution in [3.63, 3.8) is 0 Å². The Hall–Kier alpha value is 0.0500. The van der Waals surface area contributed by atoms with Crippen LogP contribution in [0, 0.1) is 0 Å². The lowest BCUT2D eigenvalue weighted by Crippen LogP contribution is -2.15. The van der Waals surface area contributed by atoms with Crippen molar-refractivity contribution in [1.82, 2.24) is 0 Å². The molecule has 0 aromatic heterocycles. The molecule has 1 saturated heterocycles. The summed E-state index contributed by atoms with van der Waals surface area (Å²) in [5.74, 6) is 1.05. The minimum Gasteiger partial charge on any atom is -0.368 e. The number of ether oxygens (including phenoxy) is 1. The molecule has 1 aliphatic rings. The quantitative estimate of drug-likeness (QED) is 0.605. The van der Waals surface area contributed by atoms with E-state index in [0.717, 1.165) is 12.4 Å². The number of rotatable bonds is 3. The molecule has 0 amide bonds. The lowest BCUT2D eigenvalue weighted by Gasteiger charge is -2.21. The Labute approximate surface area is 73.2 Å². The predicted molar refractivity (Wildman–Crippen MR) is 50.9 cm³/mol. The van der Waals surface area contributed by atoms with Gasteiger partial charge in [0.1, 0.15) is 5.44 Å². The Morgan fingerprint density at radius 2 is 2.45 bits per heavy atom. The lowest BCUT2D eigenvalue weighted by atomic mass is 10.2. The molecule has 2 heteroatoms. The summed E-state index contributed by atoms with van der Waals surface area (Å²) < 4.78 is 5.55. The van der Waals surface area contributed by atoms with E-state index in [2.05, 4.69) is 13.5 Å². The van der Waals surface area contributed by atoms with E-state index in [4.69, 9.17) is 4.74 Å². The normalized spacial score (nSPS) is 25.0. The lowest BCUT2D eigenvalue weighted by molar-refractivity contribution is 0.0729. The van der Waals surface area contributed by atoms with Gasteiger partial charge >= 0.3 is 0 Å². The van der Waals surface area contributed by atoms with E-state index in [9.17, 15) is 0 Å². The molecular formula is C9H16OS. The number of thioether (sulfide) groups is 1. The smallest absolute Gasteiger partial charge is 0.103 e. The molecule has 0 aliphatic carbocycles. The maximum atomic E-state index is 5.55. The van der Waals surface area contributed by atoms with Crippen molar-refractivity contribution in [1.29, 1.82) is 0 Å². The van der Waals surface area contributed by atoms with Crippen LogP contribution in [0.4, 0.5) is 0 Å². The molecule has 1 rings (SSSR count). The Kier molecular flexibility index (Phi) is 4.02. The van der Waals surface area contributed by atoms with Crippen molar-refractivity contribution in [2.45, 2.75) is 31.6 Å². The van der Waals surface area contributed by atoms with Crippen molar-refractivity contribution in [3.05, 3.63) is 12.2 Å². The van der Waals surface area contributed by atoms with E-state index in [-0.39, 0.29) is 0 Å². The van der Waals surface area contributed by atoms with Crippen LogP contribution >= 0.6 is 11.8 Å². The van der Waals surface area contributed by atoms with E-state index < -0.39 is 0 Å². The van der Waals surface area contributed by atoms with E-state index in [1.54, 1.807) is 0 Å². The van der Waals surface area contributed by atoms with Crippen LogP contribution in [0.25, 0.3) is 0 Å². The zero-order chi connectivity index (χ0) is 8.10. The van der Waals surface area contributed by atoms with Crippen LogP contribution in [0.3, 0.4) is 0 Å². The molecule has 0 bridgehead atoms. The first kappa shape index (κ1) is 9.14. The molecule has 1 unspecified atom stereocenters. The zero-order valence-electron chi connectivity index (χ0n) is 7.14. The maximum absolute atomic E-state index is 5.55. The summed E-state index contributed by atoms with van der Waals surface area (Å²) in [6, 6.07) is 0. The fourth-order valence-electron chi connectivity index (χ4n) is 1.08. The van der Waals surface area contributed by atoms with Gasteiger partial charge in [0.05, 0.1) is 0 Å².